The van der Waals surface area contributed by atoms with Gasteiger partial charge in [0.1, 0.15) is 5.84 Å². The molecule has 5 heteroatoms. The van der Waals surface area contributed by atoms with E-state index in [1.54, 1.807) is 0 Å². The highest BCUT2D eigenvalue weighted by molar-refractivity contribution is 6.31. The molecule has 0 bridgehead atoms. The first kappa shape index (κ1) is 13.8. The smallest absolute Gasteiger partial charge is 0.140 e. The van der Waals surface area contributed by atoms with Crippen LogP contribution >= 0.6 is 11.6 Å². The van der Waals surface area contributed by atoms with Crippen molar-refractivity contribution in [2.75, 3.05) is 13.6 Å². The summed E-state index contributed by atoms with van der Waals surface area (Å²) in [4.78, 5) is 2.11. The Balaban J connectivity index is 2.64. The Bertz CT molecular complexity index is 395. The molecule has 0 aliphatic carbocycles. The van der Waals surface area contributed by atoms with Gasteiger partial charge in [-0.05, 0) is 25.6 Å². The average Bonchev–Trinajstić information content (AvgIpc) is 2.35. The van der Waals surface area contributed by atoms with E-state index in [0.29, 0.717) is 13.0 Å². The molecule has 1 unspecified atom stereocenters. The van der Waals surface area contributed by atoms with Gasteiger partial charge in [-0.15, -0.1) is 0 Å². The van der Waals surface area contributed by atoms with E-state index in [9.17, 15) is 0 Å². The summed E-state index contributed by atoms with van der Waals surface area (Å²) in [5.74, 6) is 0.239. The summed E-state index contributed by atoms with van der Waals surface area (Å²) in [5, 5.41) is 12.2. The SMILES string of the molecule is CC(c1ccccc1Cl)N(C)CCC(N)=NO. The maximum atomic E-state index is 8.47. The Morgan fingerprint density at radius 2 is 2.18 bits per heavy atom. The fraction of sp³-hybridized carbons (Fsp3) is 0.417. The third-order valence-electron chi connectivity index (χ3n) is 2.87. The predicted molar refractivity (Wildman–Crippen MR) is 70.5 cm³/mol. The highest BCUT2D eigenvalue weighted by Gasteiger charge is 2.14. The van der Waals surface area contributed by atoms with E-state index in [2.05, 4.69) is 17.0 Å². The number of benzene rings is 1. The van der Waals surface area contributed by atoms with Gasteiger partial charge in [-0.25, -0.2) is 0 Å². The van der Waals surface area contributed by atoms with Crippen LogP contribution in [0.1, 0.15) is 24.9 Å². The van der Waals surface area contributed by atoms with Crippen LogP contribution in [0.3, 0.4) is 0 Å². The molecule has 1 aromatic carbocycles. The van der Waals surface area contributed by atoms with Crippen molar-refractivity contribution < 1.29 is 5.21 Å². The molecule has 1 aromatic rings. The van der Waals surface area contributed by atoms with E-state index in [4.69, 9.17) is 22.5 Å². The molecule has 0 aliphatic rings. The standard InChI is InChI=1S/C12H18ClN3O/c1-9(10-5-3-4-6-11(10)13)16(2)8-7-12(14)15-17/h3-6,9,17H,7-8H2,1-2H3,(H2,14,15). The summed E-state index contributed by atoms with van der Waals surface area (Å²) in [6, 6.07) is 7.96. The van der Waals surface area contributed by atoms with Crippen molar-refractivity contribution >= 4 is 17.4 Å². The number of rotatable bonds is 5. The summed E-state index contributed by atoms with van der Waals surface area (Å²) in [7, 11) is 1.98. The van der Waals surface area contributed by atoms with E-state index in [0.717, 1.165) is 10.6 Å². The summed E-state index contributed by atoms with van der Waals surface area (Å²) in [5.41, 5.74) is 6.52. The van der Waals surface area contributed by atoms with Crippen molar-refractivity contribution in [3.8, 4) is 0 Å². The van der Waals surface area contributed by atoms with Gasteiger partial charge in [-0.2, -0.15) is 0 Å². The summed E-state index contributed by atoms with van der Waals surface area (Å²) in [6.07, 6.45) is 0.530. The highest BCUT2D eigenvalue weighted by atomic mass is 35.5. The van der Waals surface area contributed by atoms with Crippen molar-refractivity contribution in [1.82, 2.24) is 4.90 Å². The van der Waals surface area contributed by atoms with Gasteiger partial charge >= 0.3 is 0 Å². The van der Waals surface area contributed by atoms with Gasteiger partial charge < -0.3 is 10.9 Å². The monoisotopic (exact) mass is 255 g/mol. The number of hydrogen-bond donors (Lipinski definition) is 2. The third-order valence-corrected chi connectivity index (χ3v) is 3.21. The highest BCUT2D eigenvalue weighted by Crippen LogP contribution is 2.25. The number of oxime groups is 1. The zero-order chi connectivity index (χ0) is 12.8. The molecule has 3 N–H and O–H groups in total. The Hall–Kier alpha value is -1.26. The van der Waals surface area contributed by atoms with E-state index >= 15 is 0 Å². The van der Waals surface area contributed by atoms with Crippen molar-refractivity contribution in [2.45, 2.75) is 19.4 Å². The molecule has 0 heterocycles. The zero-order valence-corrected chi connectivity index (χ0v) is 10.9. The van der Waals surface area contributed by atoms with Crippen molar-refractivity contribution in [1.29, 1.82) is 0 Å². The molecule has 0 aromatic heterocycles. The number of hydrogen-bond acceptors (Lipinski definition) is 3. The van der Waals surface area contributed by atoms with Gasteiger partial charge in [0.25, 0.3) is 0 Å². The van der Waals surface area contributed by atoms with Crippen LogP contribution in [0.5, 0.6) is 0 Å². The normalized spacial score (nSPS) is 14.0. The second-order valence-corrected chi connectivity index (χ2v) is 4.43. The number of nitrogens with zero attached hydrogens (tertiary/aromatic N) is 2. The van der Waals surface area contributed by atoms with Gasteiger partial charge in [0.15, 0.2) is 0 Å². The maximum Gasteiger partial charge on any atom is 0.140 e. The van der Waals surface area contributed by atoms with E-state index in [1.165, 1.54) is 0 Å². The van der Waals surface area contributed by atoms with Crippen LogP contribution in [0.25, 0.3) is 0 Å². The molecule has 4 nitrogen and oxygen atoms in total. The number of nitrogens with two attached hydrogens (primary N) is 1. The van der Waals surface area contributed by atoms with Crippen LogP contribution in [0.15, 0.2) is 29.4 Å². The quantitative estimate of drug-likeness (QED) is 0.368. The minimum atomic E-state index is 0.190. The maximum absolute atomic E-state index is 8.47. The summed E-state index contributed by atoms with van der Waals surface area (Å²) in [6.45, 7) is 2.79. The van der Waals surface area contributed by atoms with E-state index < -0.39 is 0 Å². The van der Waals surface area contributed by atoms with Crippen LogP contribution in [0, 0.1) is 0 Å². The molecule has 0 fully saturated rings. The van der Waals surface area contributed by atoms with Crippen LogP contribution in [0.2, 0.25) is 5.02 Å². The predicted octanol–water partition coefficient (Wildman–Crippen LogP) is 2.47. The van der Waals surface area contributed by atoms with E-state index in [-0.39, 0.29) is 11.9 Å². The lowest BCUT2D eigenvalue weighted by atomic mass is 10.1. The second kappa shape index (κ2) is 6.47. The molecule has 0 saturated carbocycles. The molecular weight excluding hydrogens is 238 g/mol. The zero-order valence-electron chi connectivity index (χ0n) is 10.1. The lowest BCUT2D eigenvalue weighted by Crippen LogP contribution is -2.27. The van der Waals surface area contributed by atoms with Gasteiger partial charge in [0.05, 0.1) is 0 Å². The van der Waals surface area contributed by atoms with Gasteiger partial charge in [0.2, 0.25) is 0 Å². The van der Waals surface area contributed by atoms with Crippen LogP contribution in [0.4, 0.5) is 0 Å². The first-order valence-corrected chi connectivity index (χ1v) is 5.85. The first-order valence-electron chi connectivity index (χ1n) is 5.47. The largest absolute Gasteiger partial charge is 0.409 e. The molecule has 1 atom stereocenters. The molecule has 0 amide bonds. The Morgan fingerprint density at radius 1 is 1.53 bits per heavy atom. The third kappa shape index (κ3) is 3.91. The minimum absolute atomic E-state index is 0.190. The Kier molecular flexibility index (Phi) is 5.25. The topological polar surface area (TPSA) is 61.8 Å². The summed E-state index contributed by atoms with van der Waals surface area (Å²) < 4.78 is 0. The van der Waals surface area contributed by atoms with Crippen LogP contribution in [-0.4, -0.2) is 29.5 Å². The van der Waals surface area contributed by atoms with Crippen molar-refractivity contribution in [3.05, 3.63) is 34.9 Å². The molecule has 0 spiro atoms. The fourth-order valence-electron chi connectivity index (χ4n) is 1.59. The average molecular weight is 256 g/mol. The van der Waals surface area contributed by atoms with E-state index in [1.807, 2.05) is 31.3 Å². The van der Waals surface area contributed by atoms with Gasteiger partial charge in [-0.1, -0.05) is 35.0 Å². The molecule has 0 aliphatic heterocycles. The number of halogens is 1. The molecule has 0 radical (unpaired) electrons. The van der Waals surface area contributed by atoms with Crippen molar-refractivity contribution in [3.63, 3.8) is 0 Å². The minimum Gasteiger partial charge on any atom is -0.409 e. The Morgan fingerprint density at radius 3 is 2.76 bits per heavy atom. The van der Waals surface area contributed by atoms with Crippen molar-refractivity contribution in [2.24, 2.45) is 10.9 Å². The molecule has 94 valence electrons. The second-order valence-electron chi connectivity index (χ2n) is 4.02. The number of amidine groups is 1. The fourth-order valence-corrected chi connectivity index (χ4v) is 1.88. The molecular formula is C12H18ClN3O. The summed E-state index contributed by atoms with van der Waals surface area (Å²) >= 11 is 6.14. The lowest BCUT2D eigenvalue weighted by molar-refractivity contribution is 0.266. The van der Waals surface area contributed by atoms with Crippen LogP contribution in [-0.2, 0) is 0 Å². The Labute approximate surface area is 107 Å². The molecule has 17 heavy (non-hydrogen) atoms. The first-order chi connectivity index (χ1) is 8.06. The molecule has 0 saturated heterocycles. The van der Waals surface area contributed by atoms with Crippen LogP contribution < -0.4 is 5.73 Å². The van der Waals surface area contributed by atoms with Gasteiger partial charge in [0, 0.05) is 24.0 Å². The van der Waals surface area contributed by atoms with Gasteiger partial charge in [-0.3, -0.25) is 4.90 Å². The lowest BCUT2D eigenvalue weighted by Gasteiger charge is -2.25. The molecule has 1 rings (SSSR count).